The number of para-hydroxylation sites is 1. The number of nitrogen functional groups attached to an aromatic ring is 1. The van der Waals surface area contributed by atoms with Gasteiger partial charge in [0.25, 0.3) is 0 Å². The quantitative estimate of drug-likeness (QED) is 0.544. The molecule has 2 heterocycles. The molecule has 0 unspecified atom stereocenters. The molecule has 23 heavy (non-hydrogen) atoms. The Labute approximate surface area is 136 Å². The number of nitrogens with one attached hydrogen (secondary N) is 1. The lowest BCUT2D eigenvalue weighted by atomic mass is 10.1. The summed E-state index contributed by atoms with van der Waals surface area (Å²) in [5.41, 5.74) is 8.40. The van der Waals surface area contributed by atoms with Crippen molar-refractivity contribution in [2.24, 2.45) is 0 Å². The van der Waals surface area contributed by atoms with E-state index in [9.17, 15) is 0 Å². The SMILES string of the molecule is CSc1ccc(Nc2nc3ccccc3c3onc(N)c23)cc1. The summed E-state index contributed by atoms with van der Waals surface area (Å²) in [4.78, 5) is 5.88. The highest BCUT2D eigenvalue weighted by molar-refractivity contribution is 7.98. The van der Waals surface area contributed by atoms with Gasteiger partial charge >= 0.3 is 0 Å². The molecule has 0 amide bonds. The Morgan fingerprint density at radius 3 is 2.65 bits per heavy atom. The molecular weight excluding hydrogens is 308 g/mol. The normalized spacial score (nSPS) is 11.2. The van der Waals surface area contributed by atoms with E-state index < -0.39 is 0 Å². The number of thioether (sulfide) groups is 1. The van der Waals surface area contributed by atoms with Crippen LogP contribution in [0.3, 0.4) is 0 Å². The van der Waals surface area contributed by atoms with E-state index in [1.807, 2.05) is 36.4 Å². The maximum atomic E-state index is 5.98. The predicted molar refractivity (Wildman–Crippen MR) is 95.2 cm³/mol. The lowest BCUT2D eigenvalue weighted by Gasteiger charge is -2.09. The number of nitrogens with two attached hydrogens (primary N) is 1. The van der Waals surface area contributed by atoms with E-state index in [0.717, 1.165) is 16.6 Å². The first kappa shape index (κ1) is 13.9. The van der Waals surface area contributed by atoms with Gasteiger partial charge in [-0.15, -0.1) is 11.8 Å². The maximum absolute atomic E-state index is 5.98. The summed E-state index contributed by atoms with van der Waals surface area (Å²) in [7, 11) is 0. The van der Waals surface area contributed by atoms with Crippen LogP contribution in [0.4, 0.5) is 17.3 Å². The van der Waals surface area contributed by atoms with Crippen molar-refractivity contribution >= 4 is 51.0 Å². The van der Waals surface area contributed by atoms with Crippen molar-refractivity contribution in [3.63, 3.8) is 0 Å². The molecule has 0 spiro atoms. The number of hydrogen-bond donors (Lipinski definition) is 2. The summed E-state index contributed by atoms with van der Waals surface area (Å²) in [6, 6.07) is 15.9. The van der Waals surface area contributed by atoms with Crippen LogP contribution in [-0.2, 0) is 0 Å². The molecule has 0 bridgehead atoms. The van der Waals surface area contributed by atoms with Gasteiger partial charge in [-0.05, 0) is 42.7 Å². The minimum absolute atomic E-state index is 0.335. The molecule has 4 rings (SSSR count). The molecule has 0 aliphatic carbocycles. The van der Waals surface area contributed by atoms with Gasteiger partial charge in [0.15, 0.2) is 11.4 Å². The Bertz CT molecular complexity index is 995. The highest BCUT2D eigenvalue weighted by Gasteiger charge is 2.16. The second-order valence-electron chi connectivity index (χ2n) is 5.10. The molecule has 114 valence electrons. The average molecular weight is 322 g/mol. The van der Waals surface area contributed by atoms with E-state index in [-0.39, 0.29) is 0 Å². The monoisotopic (exact) mass is 322 g/mol. The molecule has 5 nitrogen and oxygen atoms in total. The lowest BCUT2D eigenvalue weighted by molar-refractivity contribution is 0.462. The molecule has 0 radical (unpaired) electrons. The molecule has 6 heteroatoms. The van der Waals surface area contributed by atoms with Crippen LogP contribution in [-0.4, -0.2) is 16.4 Å². The summed E-state index contributed by atoms with van der Waals surface area (Å²) < 4.78 is 5.42. The molecule has 0 aliphatic heterocycles. The largest absolute Gasteiger partial charge is 0.380 e. The fourth-order valence-corrected chi connectivity index (χ4v) is 2.96. The predicted octanol–water partition coefficient (Wildman–Crippen LogP) is 4.42. The van der Waals surface area contributed by atoms with E-state index >= 15 is 0 Å². The first-order chi connectivity index (χ1) is 11.3. The van der Waals surface area contributed by atoms with Gasteiger partial charge in [0, 0.05) is 16.0 Å². The van der Waals surface area contributed by atoms with E-state index in [0.29, 0.717) is 22.6 Å². The first-order valence-corrected chi connectivity index (χ1v) is 8.33. The average Bonchev–Trinajstić information content (AvgIpc) is 2.98. The molecule has 0 aliphatic rings. The third-order valence-corrected chi connectivity index (χ3v) is 4.43. The summed E-state index contributed by atoms with van der Waals surface area (Å²) in [5, 5.41) is 8.82. The number of anilines is 3. The van der Waals surface area contributed by atoms with Crippen LogP contribution < -0.4 is 11.1 Å². The third kappa shape index (κ3) is 2.37. The number of rotatable bonds is 3. The van der Waals surface area contributed by atoms with Crippen LogP contribution in [0.5, 0.6) is 0 Å². The molecule has 2 aromatic heterocycles. The van der Waals surface area contributed by atoms with E-state index in [4.69, 9.17) is 10.3 Å². The van der Waals surface area contributed by atoms with Gasteiger partial charge in [-0.3, -0.25) is 0 Å². The van der Waals surface area contributed by atoms with Crippen LogP contribution in [0.1, 0.15) is 0 Å². The second-order valence-corrected chi connectivity index (χ2v) is 5.98. The molecule has 0 saturated heterocycles. The maximum Gasteiger partial charge on any atom is 0.182 e. The molecule has 0 fully saturated rings. The van der Waals surface area contributed by atoms with E-state index in [1.165, 1.54) is 4.90 Å². The van der Waals surface area contributed by atoms with Crippen molar-refractivity contribution in [2.45, 2.75) is 4.90 Å². The number of benzene rings is 2. The zero-order valence-corrected chi connectivity index (χ0v) is 13.2. The number of pyridine rings is 1. The third-order valence-electron chi connectivity index (χ3n) is 3.69. The van der Waals surface area contributed by atoms with Gasteiger partial charge in [0.2, 0.25) is 0 Å². The number of nitrogens with zero attached hydrogens (tertiary/aromatic N) is 2. The molecule has 3 N–H and O–H groups in total. The van der Waals surface area contributed by atoms with Gasteiger partial charge in [-0.2, -0.15) is 0 Å². The summed E-state index contributed by atoms with van der Waals surface area (Å²) in [6.07, 6.45) is 2.05. The Morgan fingerprint density at radius 2 is 1.87 bits per heavy atom. The van der Waals surface area contributed by atoms with Gasteiger partial charge < -0.3 is 15.6 Å². The van der Waals surface area contributed by atoms with Gasteiger partial charge in [0.1, 0.15) is 11.2 Å². The smallest absolute Gasteiger partial charge is 0.182 e. The summed E-state index contributed by atoms with van der Waals surface area (Å²) in [5.74, 6) is 0.982. The van der Waals surface area contributed by atoms with E-state index in [1.54, 1.807) is 11.8 Å². The topological polar surface area (TPSA) is 77.0 Å². The van der Waals surface area contributed by atoms with Gasteiger partial charge in [-0.25, -0.2) is 4.98 Å². The highest BCUT2D eigenvalue weighted by Crippen LogP contribution is 2.34. The zero-order valence-electron chi connectivity index (χ0n) is 12.4. The number of aromatic nitrogens is 2. The van der Waals surface area contributed by atoms with Crippen molar-refractivity contribution < 1.29 is 4.52 Å². The number of fused-ring (bicyclic) bond motifs is 3. The molecule has 4 aromatic rings. The van der Waals surface area contributed by atoms with Crippen molar-refractivity contribution in [2.75, 3.05) is 17.3 Å². The van der Waals surface area contributed by atoms with Gasteiger partial charge in [0.05, 0.1) is 5.52 Å². The first-order valence-electron chi connectivity index (χ1n) is 7.11. The standard InChI is InChI=1S/C17H14N4OS/c1-23-11-8-6-10(7-9-11)19-17-14-15(22-21-16(14)18)12-4-2-3-5-13(12)20-17/h2-9H,1H3,(H2,18,21)(H,19,20). The molecular formula is C17H14N4OS. The molecule has 0 atom stereocenters. The Morgan fingerprint density at radius 1 is 1.09 bits per heavy atom. The zero-order chi connectivity index (χ0) is 15.8. The minimum Gasteiger partial charge on any atom is -0.380 e. The lowest BCUT2D eigenvalue weighted by Crippen LogP contribution is -1.97. The summed E-state index contributed by atoms with van der Waals surface area (Å²) in [6.45, 7) is 0. The molecule has 2 aromatic carbocycles. The van der Waals surface area contributed by atoms with Crippen molar-refractivity contribution in [3.8, 4) is 0 Å². The van der Waals surface area contributed by atoms with Crippen LogP contribution in [0.15, 0.2) is 57.9 Å². The fraction of sp³-hybridized carbons (Fsp3) is 0.0588. The molecule has 0 saturated carbocycles. The van der Waals surface area contributed by atoms with Crippen LogP contribution in [0, 0.1) is 0 Å². The van der Waals surface area contributed by atoms with Crippen LogP contribution >= 0.6 is 11.8 Å². The Balaban J connectivity index is 1.88. The minimum atomic E-state index is 0.335. The Hall–Kier alpha value is -2.73. The highest BCUT2D eigenvalue weighted by atomic mass is 32.2. The van der Waals surface area contributed by atoms with Crippen molar-refractivity contribution in [3.05, 3.63) is 48.5 Å². The summed E-state index contributed by atoms with van der Waals surface area (Å²) >= 11 is 1.70. The van der Waals surface area contributed by atoms with Crippen molar-refractivity contribution in [1.82, 2.24) is 10.1 Å². The van der Waals surface area contributed by atoms with Crippen LogP contribution in [0.2, 0.25) is 0 Å². The van der Waals surface area contributed by atoms with Crippen molar-refractivity contribution in [1.29, 1.82) is 0 Å². The Kier molecular flexibility index (Phi) is 3.31. The number of hydrogen-bond acceptors (Lipinski definition) is 6. The van der Waals surface area contributed by atoms with E-state index in [2.05, 4.69) is 33.8 Å². The van der Waals surface area contributed by atoms with Crippen LogP contribution in [0.25, 0.3) is 21.9 Å². The fourth-order valence-electron chi connectivity index (χ4n) is 2.56. The second kappa shape index (κ2) is 5.48. The van der Waals surface area contributed by atoms with Gasteiger partial charge in [-0.1, -0.05) is 17.3 Å².